The van der Waals surface area contributed by atoms with Crippen LogP contribution in [0.15, 0.2) is 41.9 Å². The molecular weight excluding hydrogens is 368 g/mol. The molecule has 2 aromatic heterocycles. The van der Waals surface area contributed by atoms with E-state index in [4.69, 9.17) is 0 Å². The molecule has 10 heteroatoms. The fraction of sp³-hybridized carbons (Fsp3) is 0.294. The van der Waals surface area contributed by atoms with Gasteiger partial charge in [-0.25, -0.2) is 28.2 Å². The average Bonchev–Trinajstić information content (AvgIpc) is 3.23. The van der Waals surface area contributed by atoms with E-state index >= 15 is 0 Å². The van der Waals surface area contributed by atoms with E-state index in [-0.39, 0.29) is 11.2 Å². The molecule has 27 heavy (non-hydrogen) atoms. The van der Waals surface area contributed by atoms with Gasteiger partial charge in [0.1, 0.15) is 12.1 Å². The first-order chi connectivity index (χ1) is 12.9. The van der Waals surface area contributed by atoms with E-state index in [0.717, 1.165) is 17.5 Å². The fourth-order valence-electron chi connectivity index (χ4n) is 3.11. The number of benzene rings is 1. The van der Waals surface area contributed by atoms with E-state index in [1.54, 1.807) is 26.8 Å². The summed E-state index contributed by atoms with van der Waals surface area (Å²) in [6.07, 6.45) is 4.05. The summed E-state index contributed by atoms with van der Waals surface area (Å²) in [5.41, 5.74) is 2.24. The lowest BCUT2D eigenvalue weighted by Gasteiger charge is -2.17. The largest absolute Gasteiger partial charge is 0.324 e. The van der Waals surface area contributed by atoms with Gasteiger partial charge in [-0.05, 0) is 31.2 Å². The number of imidazole rings is 1. The van der Waals surface area contributed by atoms with E-state index in [2.05, 4.69) is 15.0 Å². The number of nitrogens with zero attached hydrogens (tertiary/aromatic N) is 6. The second-order valence-electron chi connectivity index (χ2n) is 6.27. The van der Waals surface area contributed by atoms with Crippen LogP contribution < -0.4 is 4.90 Å². The van der Waals surface area contributed by atoms with Crippen molar-refractivity contribution in [3.8, 4) is 5.82 Å². The Bertz CT molecular complexity index is 1140. The molecule has 1 aromatic carbocycles. The highest BCUT2D eigenvalue weighted by Gasteiger charge is 2.28. The molecule has 1 aliphatic heterocycles. The maximum atomic E-state index is 12.4. The van der Waals surface area contributed by atoms with E-state index < -0.39 is 9.84 Å². The second kappa shape index (κ2) is 6.31. The molecule has 3 aromatic rings. The highest BCUT2D eigenvalue weighted by Crippen LogP contribution is 2.26. The van der Waals surface area contributed by atoms with Gasteiger partial charge in [0.25, 0.3) is 0 Å². The number of fused-ring (bicyclic) bond motifs is 1. The first kappa shape index (κ1) is 17.4. The number of amides is 2. The number of likely N-dealkylation sites (N-methyl/N-ethyl adjacent to an activating group) is 1. The molecule has 1 fully saturated rings. The number of rotatable bonds is 4. The van der Waals surface area contributed by atoms with Crippen LogP contribution in [0.25, 0.3) is 16.9 Å². The summed E-state index contributed by atoms with van der Waals surface area (Å²) in [6, 6.07) is 7.16. The number of hydrogen-bond acceptors (Lipinski definition) is 6. The first-order valence-corrected chi connectivity index (χ1v) is 10.3. The number of urea groups is 1. The number of anilines is 1. The van der Waals surface area contributed by atoms with Crippen LogP contribution in [0.3, 0.4) is 0 Å². The molecule has 0 bridgehead atoms. The normalized spacial score (nSPS) is 15.1. The summed E-state index contributed by atoms with van der Waals surface area (Å²) in [7, 11) is -3.51. The van der Waals surface area contributed by atoms with E-state index in [1.807, 2.05) is 25.1 Å². The SMILES string of the molecule is CCN1CCN(c2ccc3c(c2)ncn3-c2ccnc(S(C)(=O)=O)n2)C1=O. The van der Waals surface area contributed by atoms with Crippen LogP contribution in [-0.4, -0.2) is 64.8 Å². The molecule has 4 rings (SSSR count). The summed E-state index contributed by atoms with van der Waals surface area (Å²) in [6.45, 7) is 3.99. The molecule has 0 atom stereocenters. The molecule has 3 heterocycles. The van der Waals surface area contributed by atoms with Gasteiger partial charge >= 0.3 is 6.03 Å². The minimum atomic E-state index is -3.51. The lowest BCUT2D eigenvalue weighted by Crippen LogP contribution is -2.31. The van der Waals surface area contributed by atoms with Crippen molar-refractivity contribution in [1.29, 1.82) is 0 Å². The Balaban J connectivity index is 1.73. The Hall–Kier alpha value is -3.01. The predicted molar refractivity (Wildman–Crippen MR) is 99.8 cm³/mol. The molecule has 1 saturated heterocycles. The van der Waals surface area contributed by atoms with Crippen molar-refractivity contribution in [2.45, 2.75) is 12.1 Å². The average molecular weight is 386 g/mol. The zero-order valence-electron chi connectivity index (χ0n) is 14.9. The summed E-state index contributed by atoms with van der Waals surface area (Å²) in [4.78, 5) is 28.2. The maximum Gasteiger partial charge on any atom is 0.324 e. The van der Waals surface area contributed by atoms with Gasteiger partial charge in [-0.3, -0.25) is 9.47 Å². The monoisotopic (exact) mass is 386 g/mol. The number of carbonyl (C=O) groups is 1. The summed E-state index contributed by atoms with van der Waals surface area (Å²) < 4.78 is 25.1. The Labute approximate surface area is 156 Å². The van der Waals surface area contributed by atoms with Crippen LogP contribution in [0.4, 0.5) is 10.5 Å². The van der Waals surface area contributed by atoms with Crippen molar-refractivity contribution in [3.63, 3.8) is 0 Å². The predicted octanol–water partition coefficient (Wildman–Crippen LogP) is 1.48. The van der Waals surface area contributed by atoms with Crippen LogP contribution in [0, 0.1) is 0 Å². The molecule has 9 nitrogen and oxygen atoms in total. The third kappa shape index (κ3) is 3.01. The van der Waals surface area contributed by atoms with Gasteiger partial charge in [-0.1, -0.05) is 0 Å². The van der Waals surface area contributed by atoms with Gasteiger partial charge in [0, 0.05) is 37.8 Å². The van der Waals surface area contributed by atoms with Crippen molar-refractivity contribution < 1.29 is 13.2 Å². The van der Waals surface area contributed by atoms with Crippen molar-refractivity contribution in [2.75, 3.05) is 30.8 Å². The van der Waals surface area contributed by atoms with Gasteiger partial charge in [-0.2, -0.15) is 0 Å². The van der Waals surface area contributed by atoms with Gasteiger partial charge in [0.2, 0.25) is 15.0 Å². The van der Waals surface area contributed by atoms with Gasteiger partial charge in [0.05, 0.1) is 11.0 Å². The summed E-state index contributed by atoms with van der Waals surface area (Å²) in [5.74, 6) is 0.412. The molecule has 2 amide bonds. The Morgan fingerprint density at radius 2 is 1.96 bits per heavy atom. The van der Waals surface area contributed by atoms with E-state index in [0.29, 0.717) is 31.0 Å². The highest BCUT2D eigenvalue weighted by atomic mass is 32.2. The van der Waals surface area contributed by atoms with Crippen LogP contribution >= 0.6 is 0 Å². The second-order valence-corrected chi connectivity index (χ2v) is 8.18. The minimum absolute atomic E-state index is 0.00937. The molecule has 140 valence electrons. The Kier molecular flexibility index (Phi) is 4.06. The summed E-state index contributed by atoms with van der Waals surface area (Å²) >= 11 is 0. The van der Waals surface area contributed by atoms with Crippen LogP contribution in [0.1, 0.15) is 6.92 Å². The van der Waals surface area contributed by atoms with Gasteiger partial charge in [-0.15, -0.1) is 0 Å². The quantitative estimate of drug-likeness (QED) is 0.630. The van der Waals surface area contributed by atoms with Crippen LogP contribution in [0.5, 0.6) is 0 Å². The van der Waals surface area contributed by atoms with E-state index in [1.165, 1.54) is 6.20 Å². The highest BCUT2D eigenvalue weighted by molar-refractivity contribution is 7.90. The molecule has 0 aliphatic carbocycles. The topological polar surface area (TPSA) is 101 Å². The maximum absolute atomic E-state index is 12.4. The number of carbonyl (C=O) groups excluding carboxylic acids is 1. The summed E-state index contributed by atoms with van der Waals surface area (Å²) in [5, 5.41) is -0.235. The van der Waals surface area contributed by atoms with Crippen molar-refractivity contribution in [3.05, 3.63) is 36.8 Å². The van der Waals surface area contributed by atoms with Crippen molar-refractivity contribution >= 4 is 32.6 Å². The lowest BCUT2D eigenvalue weighted by molar-refractivity contribution is 0.223. The zero-order chi connectivity index (χ0) is 19.2. The third-order valence-electron chi connectivity index (χ3n) is 4.52. The van der Waals surface area contributed by atoms with Gasteiger partial charge in [0.15, 0.2) is 0 Å². The third-order valence-corrected chi connectivity index (χ3v) is 5.38. The molecule has 0 spiro atoms. The smallest absolute Gasteiger partial charge is 0.323 e. The lowest BCUT2D eigenvalue weighted by atomic mass is 10.2. The van der Waals surface area contributed by atoms with Gasteiger partial charge < -0.3 is 4.90 Å². The number of hydrogen-bond donors (Lipinski definition) is 0. The number of aromatic nitrogens is 4. The molecule has 0 radical (unpaired) electrons. The molecule has 0 unspecified atom stereocenters. The molecular formula is C17H18N6O3S. The number of sulfone groups is 1. The molecule has 0 N–H and O–H groups in total. The van der Waals surface area contributed by atoms with E-state index in [9.17, 15) is 13.2 Å². The fourth-order valence-corrected chi connectivity index (χ4v) is 3.62. The Morgan fingerprint density at radius 1 is 1.15 bits per heavy atom. The zero-order valence-corrected chi connectivity index (χ0v) is 15.7. The first-order valence-electron chi connectivity index (χ1n) is 8.45. The molecule has 0 saturated carbocycles. The standard InChI is InChI=1S/C17H18N6O3S/c1-3-21-8-9-22(17(21)24)12-4-5-14-13(10-12)19-11-23(14)15-6-7-18-16(20-15)27(2,25)26/h4-7,10-11H,3,8-9H2,1-2H3. The van der Waals surface area contributed by atoms with Crippen molar-refractivity contribution in [1.82, 2.24) is 24.4 Å². The molecule has 1 aliphatic rings. The Morgan fingerprint density at radius 3 is 2.67 bits per heavy atom. The minimum Gasteiger partial charge on any atom is -0.323 e. The van der Waals surface area contributed by atoms with Crippen LogP contribution in [-0.2, 0) is 9.84 Å². The van der Waals surface area contributed by atoms with Crippen molar-refractivity contribution in [2.24, 2.45) is 0 Å². The van der Waals surface area contributed by atoms with Crippen LogP contribution in [0.2, 0.25) is 0 Å².